The number of rotatable bonds is 6. The first-order valence-corrected chi connectivity index (χ1v) is 12.4. The number of piperidine rings is 1. The van der Waals surface area contributed by atoms with E-state index in [1.165, 1.54) is 41.6 Å². The average Bonchev–Trinajstić information content (AvgIpc) is 3.36. The van der Waals surface area contributed by atoms with Crippen molar-refractivity contribution in [2.75, 3.05) is 32.1 Å². The summed E-state index contributed by atoms with van der Waals surface area (Å²) in [6, 6.07) is 6.85. The maximum atomic E-state index is 15.2. The monoisotopic (exact) mass is 506 g/mol. The molecule has 0 radical (unpaired) electrons. The fourth-order valence-electron chi connectivity index (χ4n) is 4.80. The zero-order chi connectivity index (χ0) is 26.1. The molecule has 8 nitrogen and oxygen atoms in total. The second kappa shape index (κ2) is 10.2. The Kier molecular flexibility index (Phi) is 6.82. The molecule has 1 aliphatic rings. The van der Waals surface area contributed by atoms with Crippen LogP contribution in [0.4, 0.5) is 14.6 Å². The van der Waals surface area contributed by atoms with Crippen molar-refractivity contribution in [2.45, 2.75) is 38.5 Å². The number of halogens is 2. The number of hydrogen-bond acceptors (Lipinski definition) is 7. The van der Waals surface area contributed by atoms with Gasteiger partial charge in [0.15, 0.2) is 5.82 Å². The molecule has 1 saturated heterocycles. The Morgan fingerprint density at radius 2 is 1.89 bits per heavy atom. The number of carbonyl (C=O) groups excluding carboxylic acids is 1. The number of aromatic nitrogens is 4. The Hall–Kier alpha value is -3.95. The largest absolute Gasteiger partial charge is 0.356 e. The van der Waals surface area contributed by atoms with Crippen LogP contribution in [0.2, 0.25) is 0 Å². The van der Waals surface area contributed by atoms with E-state index in [1.807, 2.05) is 0 Å². The second-order valence-corrected chi connectivity index (χ2v) is 9.50. The molecule has 1 aliphatic heterocycles. The first kappa shape index (κ1) is 24.7. The number of fused-ring (bicyclic) bond motifs is 1. The number of anilines is 1. The molecule has 0 unspecified atom stereocenters. The standard InChI is InChI=1S/C27H28F2N6O2/c1-4-5-23-32-25(33-37-23)16-8-10-35(11-9-16)26-21-14-18(28)13-20(24(21)30-15-31-26)19-7-6-17(12-22(19)29)27(36)34(2)3/h6-7,12-16H,4-5,8-11H2,1-3H3. The summed E-state index contributed by atoms with van der Waals surface area (Å²) in [5.41, 5.74) is 1.14. The predicted molar refractivity (Wildman–Crippen MR) is 135 cm³/mol. The summed E-state index contributed by atoms with van der Waals surface area (Å²) in [7, 11) is 3.20. The molecule has 37 heavy (non-hydrogen) atoms. The molecule has 5 rings (SSSR count). The average molecular weight is 507 g/mol. The minimum absolute atomic E-state index is 0.170. The molecule has 2 aromatic heterocycles. The fourth-order valence-corrected chi connectivity index (χ4v) is 4.80. The number of benzene rings is 2. The van der Waals surface area contributed by atoms with Crippen LogP contribution in [-0.2, 0) is 6.42 Å². The Balaban J connectivity index is 1.45. The van der Waals surface area contributed by atoms with Crippen LogP contribution in [0.1, 0.15) is 54.2 Å². The maximum absolute atomic E-state index is 15.2. The Morgan fingerprint density at radius 1 is 1.11 bits per heavy atom. The van der Waals surface area contributed by atoms with E-state index < -0.39 is 11.6 Å². The van der Waals surface area contributed by atoms with Crippen molar-refractivity contribution < 1.29 is 18.1 Å². The van der Waals surface area contributed by atoms with Gasteiger partial charge < -0.3 is 14.3 Å². The van der Waals surface area contributed by atoms with Gasteiger partial charge in [0.2, 0.25) is 5.89 Å². The van der Waals surface area contributed by atoms with Gasteiger partial charge in [-0.2, -0.15) is 4.98 Å². The molecular weight excluding hydrogens is 478 g/mol. The number of aryl methyl sites for hydroxylation is 1. The summed E-state index contributed by atoms with van der Waals surface area (Å²) in [5.74, 6) is 0.726. The summed E-state index contributed by atoms with van der Waals surface area (Å²) in [4.78, 5) is 29.1. The summed E-state index contributed by atoms with van der Waals surface area (Å²) < 4.78 is 35.4. The van der Waals surface area contributed by atoms with E-state index in [4.69, 9.17) is 4.52 Å². The first-order valence-electron chi connectivity index (χ1n) is 12.4. The number of hydrogen-bond donors (Lipinski definition) is 0. The van der Waals surface area contributed by atoms with Crippen molar-refractivity contribution in [1.82, 2.24) is 25.0 Å². The quantitative estimate of drug-likeness (QED) is 0.364. The Labute approximate surface area is 213 Å². The molecule has 0 aliphatic carbocycles. The molecule has 0 atom stereocenters. The molecule has 10 heteroatoms. The van der Waals surface area contributed by atoms with Crippen LogP contribution in [0.3, 0.4) is 0 Å². The number of amides is 1. The zero-order valence-corrected chi connectivity index (χ0v) is 21.0. The molecule has 0 bridgehead atoms. The maximum Gasteiger partial charge on any atom is 0.253 e. The molecule has 0 spiro atoms. The molecular formula is C27H28F2N6O2. The van der Waals surface area contributed by atoms with Crippen LogP contribution < -0.4 is 4.90 Å². The Morgan fingerprint density at radius 3 is 2.59 bits per heavy atom. The lowest BCUT2D eigenvalue weighted by molar-refractivity contribution is 0.0827. The molecule has 192 valence electrons. The van der Waals surface area contributed by atoms with E-state index in [0.717, 1.165) is 31.5 Å². The highest BCUT2D eigenvalue weighted by Gasteiger charge is 2.27. The van der Waals surface area contributed by atoms with E-state index >= 15 is 4.39 Å². The van der Waals surface area contributed by atoms with Gasteiger partial charge in [-0.15, -0.1) is 0 Å². The lowest BCUT2D eigenvalue weighted by atomic mass is 9.95. The van der Waals surface area contributed by atoms with Crippen molar-refractivity contribution in [3.05, 3.63) is 65.6 Å². The predicted octanol–water partition coefficient (Wildman–Crippen LogP) is 5.00. The van der Waals surface area contributed by atoms with Crippen LogP contribution in [0.15, 0.2) is 41.2 Å². The molecule has 1 fully saturated rings. The van der Waals surface area contributed by atoms with Crippen LogP contribution in [0.5, 0.6) is 0 Å². The number of nitrogens with zero attached hydrogens (tertiary/aromatic N) is 6. The second-order valence-electron chi connectivity index (χ2n) is 9.50. The van der Waals surface area contributed by atoms with Gasteiger partial charge in [-0.05, 0) is 43.5 Å². The van der Waals surface area contributed by atoms with Gasteiger partial charge in [0.25, 0.3) is 5.91 Å². The highest BCUT2D eigenvalue weighted by atomic mass is 19.1. The minimum atomic E-state index is -0.622. The molecule has 2 aromatic carbocycles. The van der Waals surface area contributed by atoms with Crippen LogP contribution in [0.25, 0.3) is 22.0 Å². The van der Waals surface area contributed by atoms with Crippen LogP contribution in [-0.4, -0.2) is 58.1 Å². The van der Waals surface area contributed by atoms with Gasteiger partial charge in [-0.3, -0.25) is 4.79 Å². The third-order valence-corrected chi connectivity index (χ3v) is 6.70. The molecule has 0 saturated carbocycles. The Bertz CT molecular complexity index is 1450. The fraction of sp³-hybridized carbons (Fsp3) is 0.370. The molecule has 3 heterocycles. The van der Waals surface area contributed by atoms with Crippen molar-refractivity contribution in [3.8, 4) is 11.1 Å². The van der Waals surface area contributed by atoms with E-state index in [0.29, 0.717) is 41.3 Å². The highest BCUT2D eigenvalue weighted by molar-refractivity contribution is 6.00. The first-order chi connectivity index (χ1) is 17.9. The van der Waals surface area contributed by atoms with Crippen LogP contribution >= 0.6 is 0 Å². The van der Waals surface area contributed by atoms with E-state index in [9.17, 15) is 9.18 Å². The van der Waals surface area contributed by atoms with Gasteiger partial charge in [-0.1, -0.05) is 18.1 Å². The molecule has 0 N–H and O–H groups in total. The minimum Gasteiger partial charge on any atom is -0.356 e. The van der Waals surface area contributed by atoms with Gasteiger partial charge in [-0.25, -0.2) is 18.7 Å². The van der Waals surface area contributed by atoms with Crippen molar-refractivity contribution in [1.29, 1.82) is 0 Å². The third-order valence-electron chi connectivity index (χ3n) is 6.70. The van der Waals surface area contributed by atoms with Crippen molar-refractivity contribution in [3.63, 3.8) is 0 Å². The SMILES string of the molecule is CCCc1nc(C2CCN(c3ncnc4c(-c5ccc(C(=O)N(C)C)cc5F)cc(F)cc34)CC2)no1. The normalized spacial score (nSPS) is 14.4. The van der Waals surface area contributed by atoms with E-state index in [-0.39, 0.29) is 23.0 Å². The summed E-state index contributed by atoms with van der Waals surface area (Å²) in [6.45, 7) is 3.42. The summed E-state index contributed by atoms with van der Waals surface area (Å²) >= 11 is 0. The smallest absolute Gasteiger partial charge is 0.253 e. The van der Waals surface area contributed by atoms with Gasteiger partial charge in [0, 0.05) is 61.6 Å². The lowest BCUT2D eigenvalue weighted by Crippen LogP contribution is -2.34. The van der Waals surface area contributed by atoms with E-state index in [1.54, 1.807) is 14.1 Å². The lowest BCUT2D eigenvalue weighted by Gasteiger charge is -2.32. The third kappa shape index (κ3) is 4.87. The van der Waals surface area contributed by atoms with Gasteiger partial charge in [0.1, 0.15) is 23.8 Å². The number of carbonyl (C=O) groups is 1. The van der Waals surface area contributed by atoms with Crippen LogP contribution in [0, 0.1) is 11.6 Å². The van der Waals surface area contributed by atoms with Gasteiger partial charge >= 0.3 is 0 Å². The highest BCUT2D eigenvalue weighted by Crippen LogP contribution is 2.36. The molecule has 1 amide bonds. The van der Waals surface area contributed by atoms with Gasteiger partial charge in [0.05, 0.1) is 5.52 Å². The van der Waals surface area contributed by atoms with E-state index in [2.05, 4.69) is 31.9 Å². The summed E-state index contributed by atoms with van der Waals surface area (Å²) in [5, 5.41) is 4.67. The van der Waals surface area contributed by atoms with Crippen molar-refractivity contribution >= 4 is 22.6 Å². The summed E-state index contributed by atoms with van der Waals surface area (Å²) in [6.07, 6.45) is 4.73. The zero-order valence-electron chi connectivity index (χ0n) is 21.0. The van der Waals surface area contributed by atoms with Crippen molar-refractivity contribution in [2.24, 2.45) is 0 Å². The topological polar surface area (TPSA) is 88.3 Å². The molecule has 4 aromatic rings.